The molecule has 0 saturated carbocycles. The van der Waals surface area contributed by atoms with Crippen LogP contribution in [0.15, 0.2) is 28.7 Å². The highest BCUT2D eigenvalue weighted by atomic mass is 79.9. The van der Waals surface area contributed by atoms with Gasteiger partial charge in [-0.05, 0) is 28.1 Å². The highest BCUT2D eigenvalue weighted by Gasteiger charge is 2.24. The van der Waals surface area contributed by atoms with Crippen molar-refractivity contribution in [1.29, 1.82) is 0 Å². The lowest BCUT2D eigenvalue weighted by molar-refractivity contribution is 0.203. The van der Waals surface area contributed by atoms with E-state index in [9.17, 15) is 27.1 Å². The molecule has 2 aromatic rings. The molecule has 20 heavy (non-hydrogen) atoms. The molecule has 0 bridgehead atoms. The molecule has 1 N–H and O–H groups in total. The predicted octanol–water partition coefficient (Wildman–Crippen LogP) is 4.23. The third-order valence-corrected chi connectivity index (χ3v) is 3.26. The summed E-state index contributed by atoms with van der Waals surface area (Å²) in [6, 6.07) is 2.00. The topological polar surface area (TPSA) is 20.2 Å². The third-order valence-electron chi connectivity index (χ3n) is 2.65. The second-order valence-electron chi connectivity index (χ2n) is 3.97. The molecule has 2 aromatic carbocycles. The van der Waals surface area contributed by atoms with Gasteiger partial charge in [0.25, 0.3) is 0 Å². The van der Waals surface area contributed by atoms with Crippen LogP contribution in [-0.4, -0.2) is 5.11 Å². The molecule has 1 atom stereocenters. The summed E-state index contributed by atoms with van der Waals surface area (Å²) >= 11 is 2.73. The van der Waals surface area contributed by atoms with E-state index >= 15 is 0 Å². The zero-order valence-corrected chi connectivity index (χ0v) is 11.2. The van der Waals surface area contributed by atoms with Crippen LogP contribution in [0.3, 0.4) is 0 Å². The van der Waals surface area contributed by atoms with Gasteiger partial charge >= 0.3 is 0 Å². The molecule has 0 radical (unpaired) electrons. The van der Waals surface area contributed by atoms with E-state index in [1.807, 2.05) is 0 Å². The van der Waals surface area contributed by atoms with Gasteiger partial charge in [-0.15, -0.1) is 0 Å². The largest absolute Gasteiger partial charge is 0.383 e. The number of rotatable bonds is 2. The van der Waals surface area contributed by atoms with Crippen molar-refractivity contribution in [2.24, 2.45) is 0 Å². The van der Waals surface area contributed by atoms with Crippen LogP contribution in [0.2, 0.25) is 0 Å². The number of halogens is 6. The van der Waals surface area contributed by atoms with Crippen molar-refractivity contribution in [3.05, 3.63) is 69.0 Å². The van der Waals surface area contributed by atoms with Crippen LogP contribution in [0.1, 0.15) is 17.2 Å². The van der Waals surface area contributed by atoms with Gasteiger partial charge in [-0.2, -0.15) is 0 Å². The summed E-state index contributed by atoms with van der Waals surface area (Å²) in [4.78, 5) is 0. The summed E-state index contributed by atoms with van der Waals surface area (Å²) in [7, 11) is 0. The minimum Gasteiger partial charge on any atom is -0.383 e. The molecule has 0 aliphatic carbocycles. The summed E-state index contributed by atoms with van der Waals surface area (Å²) in [5.74, 6) is -5.94. The molecule has 0 aliphatic heterocycles. The van der Waals surface area contributed by atoms with Crippen LogP contribution in [0, 0.1) is 29.1 Å². The molecular formula is C13H6BrF5O. The molecule has 0 aromatic heterocycles. The molecule has 1 unspecified atom stereocenters. The van der Waals surface area contributed by atoms with Crippen LogP contribution < -0.4 is 0 Å². The Balaban J connectivity index is 2.57. The summed E-state index contributed by atoms with van der Waals surface area (Å²) in [5, 5.41) is 9.82. The maximum atomic E-state index is 13.6. The number of benzene rings is 2. The molecule has 0 amide bonds. The second kappa shape index (κ2) is 5.49. The first-order valence-corrected chi connectivity index (χ1v) is 6.07. The lowest BCUT2D eigenvalue weighted by atomic mass is 9.99. The van der Waals surface area contributed by atoms with Gasteiger partial charge in [-0.3, -0.25) is 0 Å². The molecule has 0 fully saturated rings. The first-order valence-electron chi connectivity index (χ1n) is 5.28. The van der Waals surface area contributed by atoms with Crippen molar-refractivity contribution in [2.45, 2.75) is 6.10 Å². The Bertz CT molecular complexity index is 651. The molecular weight excluding hydrogens is 347 g/mol. The number of aliphatic hydroxyl groups is 1. The standard InChI is InChI=1S/C13H6BrF5O/c14-7-4-8(16)6(3-9(7)17)13(20)12-10(18)1-5(15)2-11(12)19/h1-4,13,20H. The molecule has 0 heterocycles. The van der Waals surface area contributed by atoms with Gasteiger partial charge in [0.1, 0.15) is 35.2 Å². The molecule has 0 saturated heterocycles. The monoisotopic (exact) mass is 352 g/mol. The maximum absolute atomic E-state index is 13.6. The second-order valence-corrected chi connectivity index (χ2v) is 4.83. The SMILES string of the molecule is OC(c1cc(F)c(Br)cc1F)c1c(F)cc(F)cc1F. The maximum Gasteiger partial charge on any atom is 0.137 e. The molecule has 7 heteroatoms. The van der Waals surface area contributed by atoms with Gasteiger partial charge in [0.05, 0.1) is 10.0 Å². The summed E-state index contributed by atoms with van der Waals surface area (Å²) in [5.41, 5.74) is -1.61. The molecule has 1 nitrogen and oxygen atoms in total. The van der Waals surface area contributed by atoms with E-state index in [1.165, 1.54) is 0 Å². The Morgan fingerprint density at radius 3 is 1.90 bits per heavy atom. The Labute approximate surface area is 118 Å². The first kappa shape index (κ1) is 14.9. The van der Waals surface area contributed by atoms with Crippen LogP contribution in [0.4, 0.5) is 22.0 Å². The Morgan fingerprint density at radius 2 is 1.35 bits per heavy atom. The average Bonchev–Trinajstić information content (AvgIpc) is 2.32. The fourth-order valence-electron chi connectivity index (χ4n) is 1.72. The van der Waals surface area contributed by atoms with Crippen molar-refractivity contribution in [3.8, 4) is 0 Å². The lowest BCUT2D eigenvalue weighted by Gasteiger charge is -2.15. The zero-order chi connectivity index (χ0) is 15.0. The highest BCUT2D eigenvalue weighted by molar-refractivity contribution is 9.10. The zero-order valence-electron chi connectivity index (χ0n) is 9.60. The van der Waals surface area contributed by atoms with Crippen LogP contribution >= 0.6 is 15.9 Å². The van der Waals surface area contributed by atoms with Crippen molar-refractivity contribution >= 4 is 15.9 Å². The van der Waals surface area contributed by atoms with E-state index < -0.39 is 46.3 Å². The summed E-state index contributed by atoms with van der Waals surface area (Å²) in [6.07, 6.45) is -2.10. The average molecular weight is 353 g/mol. The Morgan fingerprint density at radius 1 is 0.800 bits per heavy atom. The van der Waals surface area contributed by atoms with Gasteiger partial charge < -0.3 is 5.11 Å². The van der Waals surface area contributed by atoms with Crippen molar-refractivity contribution in [3.63, 3.8) is 0 Å². The van der Waals surface area contributed by atoms with E-state index in [4.69, 9.17) is 0 Å². The highest BCUT2D eigenvalue weighted by Crippen LogP contribution is 2.31. The summed E-state index contributed by atoms with van der Waals surface area (Å²) in [6.45, 7) is 0. The van der Waals surface area contributed by atoms with Crippen molar-refractivity contribution in [1.82, 2.24) is 0 Å². The minimum atomic E-state index is -2.10. The first-order chi connectivity index (χ1) is 9.31. The third kappa shape index (κ3) is 2.69. The van der Waals surface area contributed by atoms with Gasteiger partial charge in [0.2, 0.25) is 0 Å². The van der Waals surface area contributed by atoms with E-state index in [-0.39, 0.29) is 4.47 Å². The van der Waals surface area contributed by atoms with E-state index in [0.717, 1.165) is 0 Å². The normalized spacial score (nSPS) is 12.6. The Kier molecular flexibility index (Phi) is 4.10. The van der Waals surface area contributed by atoms with E-state index in [1.54, 1.807) is 0 Å². The summed E-state index contributed by atoms with van der Waals surface area (Å²) < 4.78 is 66.5. The lowest BCUT2D eigenvalue weighted by Crippen LogP contribution is -2.09. The van der Waals surface area contributed by atoms with Gasteiger partial charge in [0.15, 0.2) is 0 Å². The van der Waals surface area contributed by atoms with Crippen molar-refractivity contribution in [2.75, 3.05) is 0 Å². The van der Waals surface area contributed by atoms with Gasteiger partial charge in [0, 0.05) is 17.7 Å². The molecule has 2 rings (SSSR count). The Hall–Kier alpha value is -1.47. The van der Waals surface area contributed by atoms with Gasteiger partial charge in [-0.1, -0.05) is 0 Å². The fourth-order valence-corrected chi connectivity index (χ4v) is 2.03. The molecule has 0 aliphatic rings. The van der Waals surface area contributed by atoms with Gasteiger partial charge in [-0.25, -0.2) is 22.0 Å². The smallest absolute Gasteiger partial charge is 0.137 e. The predicted molar refractivity (Wildman–Crippen MR) is 64.4 cm³/mol. The minimum absolute atomic E-state index is 0.203. The number of hydrogen-bond donors (Lipinski definition) is 1. The molecule has 106 valence electrons. The van der Waals surface area contributed by atoms with Crippen LogP contribution in [-0.2, 0) is 0 Å². The fraction of sp³-hybridized carbons (Fsp3) is 0.0769. The van der Waals surface area contributed by atoms with Crippen LogP contribution in [0.25, 0.3) is 0 Å². The van der Waals surface area contributed by atoms with Crippen LogP contribution in [0.5, 0.6) is 0 Å². The number of hydrogen-bond acceptors (Lipinski definition) is 1. The van der Waals surface area contributed by atoms with E-state index in [0.29, 0.717) is 24.3 Å². The number of aliphatic hydroxyl groups excluding tert-OH is 1. The quantitative estimate of drug-likeness (QED) is 0.633. The van der Waals surface area contributed by atoms with E-state index in [2.05, 4.69) is 15.9 Å². The van der Waals surface area contributed by atoms with Crippen molar-refractivity contribution < 1.29 is 27.1 Å². The molecule has 0 spiro atoms.